The van der Waals surface area contributed by atoms with Crippen LogP contribution >= 0.6 is 36.6 Å². The first-order chi connectivity index (χ1) is 17.6. The van der Waals surface area contributed by atoms with Crippen LogP contribution in [0, 0.1) is 0 Å². The van der Waals surface area contributed by atoms with Gasteiger partial charge in [0, 0.05) is 41.7 Å². The molecule has 2 heterocycles. The van der Waals surface area contributed by atoms with Crippen molar-refractivity contribution in [3.63, 3.8) is 0 Å². The Morgan fingerprint density at radius 2 is 1.74 bits per heavy atom. The van der Waals surface area contributed by atoms with E-state index in [9.17, 15) is 4.79 Å². The fourth-order valence-electron chi connectivity index (χ4n) is 5.20. The van der Waals surface area contributed by atoms with E-state index in [0.29, 0.717) is 48.5 Å². The van der Waals surface area contributed by atoms with Gasteiger partial charge in [-0.15, -0.1) is 36.6 Å². The summed E-state index contributed by atoms with van der Waals surface area (Å²) in [6, 6.07) is 8.70. The fraction of sp³-hybridized carbons (Fsp3) is 0.538. The van der Waals surface area contributed by atoms with Gasteiger partial charge in [0.25, 0.3) is 5.91 Å². The second kappa shape index (κ2) is 14.2. The van der Waals surface area contributed by atoms with Crippen molar-refractivity contribution in [2.75, 3.05) is 30.0 Å². The summed E-state index contributed by atoms with van der Waals surface area (Å²) in [5.41, 5.74) is 8.39. The van der Waals surface area contributed by atoms with Gasteiger partial charge < -0.3 is 26.3 Å². The molecule has 0 unspecified atom stereocenters. The maximum Gasteiger partial charge on any atom is 0.251 e. The summed E-state index contributed by atoms with van der Waals surface area (Å²) < 4.78 is 2.22. The molecule has 2 aromatic heterocycles. The maximum absolute atomic E-state index is 12.5. The summed E-state index contributed by atoms with van der Waals surface area (Å²) in [4.78, 5) is 28.0. The first-order valence-corrected chi connectivity index (χ1v) is 14.3. The highest BCUT2D eigenvalue weighted by atomic mass is 35.5. The van der Waals surface area contributed by atoms with Gasteiger partial charge in [-0.3, -0.25) is 4.79 Å². The zero-order chi connectivity index (χ0) is 24.9. The van der Waals surface area contributed by atoms with Gasteiger partial charge in [0.2, 0.25) is 5.95 Å². The quantitative estimate of drug-likeness (QED) is 0.205. The van der Waals surface area contributed by atoms with Crippen molar-refractivity contribution >= 4 is 65.4 Å². The number of carbonyl (C=O) groups is 1. The van der Waals surface area contributed by atoms with E-state index in [2.05, 4.69) is 25.5 Å². The van der Waals surface area contributed by atoms with Gasteiger partial charge in [0.1, 0.15) is 0 Å². The Morgan fingerprint density at radius 1 is 1.03 bits per heavy atom. The number of rotatable bonds is 9. The van der Waals surface area contributed by atoms with Crippen LogP contribution < -0.4 is 21.7 Å². The van der Waals surface area contributed by atoms with Gasteiger partial charge >= 0.3 is 0 Å². The van der Waals surface area contributed by atoms with Gasteiger partial charge in [0.05, 0.1) is 6.33 Å². The third-order valence-corrected chi connectivity index (χ3v) is 8.04. The van der Waals surface area contributed by atoms with E-state index < -0.39 is 0 Å². The van der Waals surface area contributed by atoms with Crippen molar-refractivity contribution in [3.8, 4) is 0 Å². The van der Waals surface area contributed by atoms with Crippen molar-refractivity contribution in [3.05, 3.63) is 36.2 Å². The zero-order valence-corrected chi connectivity index (χ0v) is 24.1. The standard InChI is InChI=1S/C26H36N8OS.2ClH/c1-36-21-12-6-17(7-13-21)25(35)29-15-14-28-23-22-24(34(16-30-22)20-4-2-3-5-20)33-26(32-23)31-19-10-8-18(27)9-11-19;;/h6-7,12-13,16,18-20H,2-5,8-11,14-15,27H2,1H3,(H,29,35)(H2,28,31,32,33);2*1H. The molecular weight excluding hydrogens is 543 g/mol. The minimum absolute atomic E-state index is 0. The number of hydrogen-bond donors (Lipinski definition) is 4. The van der Waals surface area contributed by atoms with Crippen molar-refractivity contribution in [2.45, 2.75) is 74.4 Å². The number of benzene rings is 1. The number of hydrogen-bond acceptors (Lipinski definition) is 8. The van der Waals surface area contributed by atoms with E-state index in [0.717, 1.165) is 54.6 Å². The summed E-state index contributed by atoms with van der Waals surface area (Å²) in [5.74, 6) is 1.24. The van der Waals surface area contributed by atoms with Gasteiger partial charge in [-0.25, -0.2) is 4.98 Å². The molecule has 9 nitrogen and oxygen atoms in total. The topological polar surface area (TPSA) is 123 Å². The predicted molar refractivity (Wildman–Crippen MR) is 160 cm³/mol. The first kappa shape index (κ1) is 30.3. The number of carbonyl (C=O) groups excluding carboxylic acids is 1. The minimum Gasteiger partial charge on any atom is -0.366 e. The van der Waals surface area contributed by atoms with Gasteiger partial charge in [0.15, 0.2) is 17.0 Å². The van der Waals surface area contributed by atoms with Crippen molar-refractivity contribution in [2.24, 2.45) is 5.73 Å². The molecule has 3 aromatic rings. The predicted octanol–water partition coefficient (Wildman–Crippen LogP) is 5.03. The smallest absolute Gasteiger partial charge is 0.251 e. The van der Waals surface area contributed by atoms with Crippen LogP contribution in [0.1, 0.15) is 67.8 Å². The molecule has 38 heavy (non-hydrogen) atoms. The van der Waals surface area contributed by atoms with E-state index in [1.165, 1.54) is 12.8 Å². The number of anilines is 2. The van der Waals surface area contributed by atoms with Crippen LogP contribution in [0.3, 0.4) is 0 Å². The number of halogens is 2. The van der Waals surface area contributed by atoms with Crippen molar-refractivity contribution in [1.29, 1.82) is 0 Å². The van der Waals surface area contributed by atoms with Crippen LogP contribution in [0.2, 0.25) is 0 Å². The molecule has 2 saturated carbocycles. The largest absolute Gasteiger partial charge is 0.366 e. The molecule has 2 aliphatic carbocycles. The Morgan fingerprint density at radius 3 is 2.42 bits per heavy atom. The molecular formula is C26H38Cl2N8OS. The molecule has 12 heteroatoms. The lowest BCUT2D eigenvalue weighted by Crippen LogP contribution is -2.33. The highest BCUT2D eigenvalue weighted by Crippen LogP contribution is 2.33. The highest BCUT2D eigenvalue weighted by Gasteiger charge is 2.23. The number of amides is 1. The SMILES string of the molecule is CSc1ccc(C(=O)NCCNc2nc(NC3CCC(N)CC3)nc3c2ncn3C2CCCC2)cc1.Cl.Cl. The number of imidazole rings is 1. The average molecular weight is 582 g/mol. The number of nitrogens with one attached hydrogen (secondary N) is 3. The summed E-state index contributed by atoms with van der Waals surface area (Å²) >= 11 is 1.66. The maximum atomic E-state index is 12.5. The van der Waals surface area contributed by atoms with E-state index in [-0.39, 0.29) is 30.7 Å². The third-order valence-electron chi connectivity index (χ3n) is 7.30. The highest BCUT2D eigenvalue weighted by molar-refractivity contribution is 7.98. The zero-order valence-electron chi connectivity index (χ0n) is 21.7. The molecule has 2 aliphatic rings. The van der Waals surface area contributed by atoms with E-state index >= 15 is 0 Å². The first-order valence-electron chi connectivity index (χ1n) is 13.0. The third kappa shape index (κ3) is 7.22. The summed E-state index contributed by atoms with van der Waals surface area (Å²) in [6.45, 7) is 1.01. The van der Waals surface area contributed by atoms with E-state index in [1.54, 1.807) is 11.8 Å². The lowest BCUT2D eigenvalue weighted by molar-refractivity contribution is 0.0955. The van der Waals surface area contributed by atoms with Crippen LogP contribution in [0.15, 0.2) is 35.5 Å². The molecule has 0 radical (unpaired) electrons. The summed E-state index contributed by atoms with van der Waals surface area (Å²) in [7, 11) is 0. The van der Waals surface area contributed by atoms with Crippen molar-refractivity contribution < 1.29 is 4.79 Å². The Balaban J connectivity index is 0.00000200. The van der Waals surface area contributed by atoms with Crippen LogP contribution in [-0.2, 0) is 0 Å². The summed E-state index contributed by atoms with van der Waals surface area (Å²) in [6.07, 6.45) is 12.8. The van der Waals surface area contributed by atoms with Crippen LogP contribution in [0.5, 0.6) is 0 Å². The molecule has 208 valence electrons. The van der Waals surface area contributed by atoms with E-state index in [4.69, 9.17) is 15.7 Å². The Hall–Kier alpha value is -2.27. The molecule has 0 spiro atoms. The minimum atomic E-state index is -0.0827. The number of fused-ring (bicyclic) bond motifs is 1. The van der Waals surface area contributed by atoms with E-state index in [1.807, 2.05) is 36.8 Å². The Kier molecular flexibility index (Phi) is 11.3. The molecule has 0 saturated heterocycles. The lowest BCUT2D eigenvalue weighted by atomic mass is 9.92. The monoisotopic (exact) mass is 580 g/mol. The number of thioether (sulfide) groups is 1. The Labute approximate surface area is 240 Å². The number of nitrogens with two attached hydrogens (primary N) is 1. The van der Waals surface area contributed by atoms with Crippen LogP contribution in [0.25, 0.3) is 11.2 Å². The molecule has 1 amide bonds. The van der Waals surface area contributed by atoms with Gasteiger partial charge in [-0.05, 0) is 69.0 Å². The molecule has 0 aliphatic heterocycles. The number of nitrogens with zero attached hydrogens (tertiary/aromatic N) is 4. The second-order valence-corrected chi connectivity index (χ2v) is 10.7. The lowest BCUT2D eigenvalue weighted by Gasteiger charge is -2.27. The molecule has 2 fully saturated rings. The second-order valence-electron chi connectivity index (χ2n) is 9.83. The molecule has 5 rings (SSSR count). The van der Waals surface area contributed by atoms with Crippen molar-refractivity contribution in [1.82, 2.24) is 24.8 Å². The summed E-state index contributed by atoms with van der Waals surface area (Å²) in [5, 5.41) is 9.93. The number of aromatic nitrogens is 4. The molecule has 0 atom stereocenters. The van der Waals surface area contributed by atoms with Gasteiger partial charge in [-0.1, -0.05) is 12.8 Å². The normalized spacial score (nSPS) is 19.4. The molecule has 0 bridgehead atoms. The Bertz CT molecular complexity index is 1180. The van der Waals surface area contributed by atoms with Crippen LogP contribution in [0.4, 0.5) is 11.8 Å². The van der Waals surface area contributed by atoms with Crippen LogP contribution in [-0.4, -0.2) is 56.9 Å². The molecule has 1 aromatic carbocycles. The fourth-order valence-corrected chi connectivity index (χ4v) is 5.61. The van der Waals surface area contributed by atoms with Gasteiger partial charge in [-0.2, -0.15) is 9.97 Å². The molecule has 5 N–H and O–H groups in total. The average Bonchev–Trinajstić information content (AvgIpc) is 3.58.